The summed E-state index contributed by atoms with van der Waals surface area (Å²) in [6.45, 7) is 3.08. The van der Waals surface area contributed by atoms with E-state index < -0.39 is 0 Å². The van der Waals surface area contributed by atoms with Crippen molar-refractivity contribution in [3.05, 3.63) is 65.6 Å². The van der Waals surface area contributed by atoms with Crippen LogP contribution in [-0.4, -0.2) is 50.0 Å². The van der Waals surface area contributed by atoms with Gasteiger partial charge in [-0.25, -0.2) is 4.98 Å². The van der Waals surface area contributed by atoms with E-state index in [4.69, 9.17) is 10.00 Å². The first kappa shape index (κ1) is 18.6. The van der Waals surface area contributed by atoms with Crippen molar-refractivity contribution in [3.8, 4) is 17.6 Å². The lowest BCUT2D eigenvalue weighted by Gasteiger charge is -2.33. The molecule has 0 radical (unpaired) electrons. The minimum Gasteiger partial charge on any atom is -0.472 e. The molecule has 1 fully saturated rings. The molecular formula is C21H20N6O2. The molecule has 1 aromatic carbocycles. The Kier molecular flexibility index (Phi) is 5.20. The summed E-state index contributed by atoms with van der Waals surface area (Å²) < 4.78 is 5.95. The molecule has 0 bridgehead atoms. The van der Waals surface area contributed by atoms with Gasteiger partial charge in [0.05, 0.1) is 41.8 Å². The average molecular weight is 388 g/mol. The Morgan fingerprint density at radius 3 is 2.83 bits per heavy atom. The Morgan fingerprint density at radius 1 is 1.21 bits per heavy atom. The predicted molar refractivity (Wildman–Crippen MR) is 105 cm³/mol. The fourth-order valence-electron chi connectivity index (χ4n) is 3.43. The molecule has 0 saturated carbocycles. The smallest absolute Gasteiger partial charge is 0.256 e. The number of benzene rings is 1. The van der Waals surface area contributed by atoms with Gasteiger partial charge >= 0.3 is 0 Å². The van der Waals surface area contributed by atoms with E-state index in [1.807, 2.05) is 25.1 Å². The highest BCUT2D eigenvalue weighted by atomic mass is 16.5. The van der Waals surface area contributed by atoms with E-state index in [9.17, 15) is 4.79 Å². The van der Waals surface area contributed by atoms with E-state index in [0.717, 1.165) is 18.4 Å². The maximum absolute atomic E-state index is 13.3. The van der Waals surface area contributed by atoms with E-state index >= 15 is 0 Å². The second kappa shape index (κ2) is 8.10. The molecule has 1 amide bonds. The number of piperidine rings is 1. The molecule has 146 valence electrons. The predicted octanol–water partition coefficient (Wildman–Crippen LogP) is 2.53. The standard InChI is InChI=1S/C21H20N6O2/c1-15-4-5-18(19(11-15)27-24-8-9-25-27)21(28)26-10-2-3-17(14-26)29-20-12-16(13-22)6-7-23-20/h4-9,11-12,17H,2-3,10,14H2,1H3/t17-/m1/s1. The summed E-state index contributed by atoms with van der Waals surface area (Å²) in [4.78, 5) is 20.7. The van der Waals surface area contributed by atoms with Crippen molar-refractivity contribution in [1.29, 1.82) is 5.26 Å². The van der Waals surface area contributed by atoms with E-state index in [2.05, 4.69) is 21.3 Å². The SMILES string of the molecule is Cc1ccc(C(=O)N2CCC[C@@H](Oc3cc(C#N)ccn3)C2)c(-n2nccn2)c1. The number of ether oxygens (including phenoxy) is 1. The highest BCUT2D eigenvalue weighted by Gasteiger charge is 2.28. The summed E-state index contributed by atoms with van der Waals surface area (Å²) in [7, 11) is 0. The lowest BCUT2D eigenvalue weighted by atomic mass is 10.0. The third-order valence-electron chi connectivity index (χ3n) is 4.83. The van der Waals surface area contributed by atoms with Crippen LogP contribution < -0.4 is 4.74 Å². The van der Waals surface area contributed by atoms with Crippen LogP contribution in [-0.2, 0) is 0 Å². The van der Waals surface area contributed by atoms with Gasteiger partial charge in [-0.15, -0.1) is 0 Å². The van der Waals surface area contributed by atoms with Crippen molar-refractivity contribution in [2.45, 2.75) is 25.9 Å². The van der Waals surface area contributed by atoms with Crippen LogP contribution in [0.2, 0.25) is 0 Å². The van der Waals surface area contributed by atoms with Gasteiger partial charge in [-0.05, 0) is 43.5 Å². The number of carbonyl (C=O) groups excluding carboxylic acids is 1. The van der Waals surface area contributed by atoms with Crippen LogP contribution in [0.4, 0.5) is 0 Å². The molecule has 0 spiro atoms. The van der Waals surface area contributed by atoms with E-state index in [1.54, 1.807) is 35.6 Å². The second-order valence-corrected chi connectivity index (χ2v) is 6.97. The maximum atomic E-state index is 13.3. The van der Waals surface area contributed by atoms with Gasteiger partial charge < -0.3 is 9.64 Å². The number of hydrogen-bond acceptors (Lipinski definition) is 6. The zero-order valence-electron chi connectivity index (χ0n) is 16.0. The molecule has 1 saturated heterocycles. The zero-order chi connectivity index (χ0) is 20.2. The van der Waals surface area contributed by atoms with Crippen molar-refractivity contribution in [3.63, 3.8) is 0 Å². The molecule has 1 aliphatic rings. The Hall–Kier alpha value is -3.73. The normalized spacial score (nSPS) is 16.3. The quantitative estimate of drug-likeness (QED) is 0.681. The van der Waals surface area contributed by atoms with Gasteiger partial charge in [-0.3, -0.25) is 4.79 Å². The van der Waals surface area contributed by atoms with Gasteiger partial charge in [0.1, 0.15) is 6.10 Å². The molecule has 3 heterocycles. The molecule has 1 aliphatic heterocycles. The molecule has 3 aromatic rings. The molecule has 0 aliphatic carbocycles. The molecule has 8 nitrogen and oxygen atoms in total. The third-order valence-corrected chi connectivity index (χ3v) is 4.83. The molecule has 2 aromatic heterocycles. The highest BCUT2D eigenvalue weighted by Crippen LogP contribution is 2.22. The first-order chi connectivity index (χ1) is 14.1. The summed E-state index contributed by atoms with van der Waals surface area (Å²) in [5.74, 6) is 0.324. The minimum absolute atomic E-state index is 0.0793. The number of pyridine rings is 1. The van der Waals surface area contributed by atoms with Crippen LogP contribution >= 0.6 is 0 Å². The van der Waals surface area contributed by atoms with Crippen molar-refractivity contribution in [2.75, 3.05) is 13.1 Å². The van der Waals surface area contributed by atoms with Crippen LogP contribution in [0, 0.1) is 18.3 Å². The van der Waals surface area contributed by atoms with E-state index in [1.165, 1.54) is 4.80 Å². The number of nitriles is 1. The molecule has 1 atom stereocenters. The zero-order valence-corrected chi connectivity index (χ0v) is 16.0. The van der Waals surface area contributed by atoms with Gasteiger partial charge in [0, 0.05) is 18.8 Å². The number of amides is 1. The van der Waals surface area contributed by atoms with Crippen molar-refractivity contribution >= 4 is 5.91 Å². The summed E-state index contributed by atoms with van der Waals surface area (Å²) in [6.07, 6.45) is 6.20. The number of rotatable bonds is 4. The summed E-state index contributed by atoms with van der Waals surface area (Å²) >= 11 is 0. The molecule has 0 unspecified atom stereocenters. The number of aromatic nitrogens is 4. The fourth-order valence-corrected chi connectivity index (χ4v) is 3.43. The number of aryl methyl sites for hydroxylation is 1. The average Bonchev–Trinajstić information content (AvgIpc) is 3.28. The largest absolute Gasteiger partial charge is 0.472 e. The summed E-state index contributed by atoms with van der Waals surface area (Å²) in [5, 5.41) is 17.4. The molecular weight excluding hydrogens is 368 g/mol. The van der Waals surface area contributed by atoms with Crippen LogP contribution in [0.3, 0.4) is 0 Å². The van der Waals surface area contributed by atoms with Gasteiger partial charge in [-0.1, -0.05) is 6.07 Å². The number of hydrogen-bond donors (Lipinski definition) is 0. The third kappa shape index (κ3) is 4.09. The summed E-state index contributed by atoms with van der Waals surface area (Å²) in [5.41, 5.74) is 2.73. The lowest BCUT2D eigenvalue weighted by Crippen LogP contribution is -2.44. The van der Waals surface area contributed by atoms with Gasteiger partial charge in [0.15, 0.2) is 0 Å². The Morgan fingerprint density at radius 2 is 2.03 bits per heavy atom. The van der Waals surface area contributed by atoms with E-state index in [0.29, 0.717) is 35.8 Å². The van der Waals surface area contributed by atoms with Crippen LogP contribution in [0.25, 0.3) is 5.69 Å². The monoisotopic (exact) mass is 388 g/mol. The maximum Gasteiger partial charge on any atom is 0.256 e. The molecule has 29 heavy (non-hydrogen) atoms. The first-order valence-electron chi connectivity index (χ1n) is 9.43. The lowest BCUT2D eigenvalue weighted by molar-refractivity contribution is 0.0527. The first-order valence-corrected chi connectivity index (χ1v) is 9.43. The van der Waals surface area contributed by atoms with Crippen LogP contribution in [0.5, 0.6) is 5.88 Å². The fraction of sp³-hybridized carbons (Fsp3) is 0.286. The van der Waals surface area contributed by atoms with E-state index in [-0.39, 0.29) is 12.0 Å². The van der Waals surface area contributed by atoms with Gasteiger partial charge in [0.2, 0.25) is 5.88 Å². The summed E-state index contributed by atoms with van der Waals surface area (Å²) in [6, 6.07) is 11.0. The van der Waals surface area contributed by atoms with Gasteiger partial charge in [-0.2, -0.15) is 20.3 Å². The van der Waals surface area contributed by atoms with Crippen molar-refractivity contribution in [1.82, 2.24) is 24.9 Å². The second-order valence-electron chi connectivity index (χ2n) is 6.97. The van der Waals surface area contributed by atoms with Crippen LogP contribution in [0.15, 0.2) is 48.9 Å². The number of nitrogens with zero attached hydrogens (tertiary/aromatic N) is 6. The Labute approximate surface area is 168 Å². The Bertz CT molecular complexity index is 1060. The molecule has 0 N–H and O–H groups in total. The van der Waals surface area contributed by atoms with Crippen LogP contribution in [0.1, 0.15) is 34.3 Å². The highest BCUT2D eigenvalue weighted by molar-refractivity contribution is 5.98. The van der Waals surface area contributed by atoms with Crippen molar-refractivity contribution in [2.24, 2.45) is 0 Å². The van der Waals surface area contributed by atoms with Crippen molar-refractivity contribution < 1.29 is 9.53 Å². The minimum atomic E-state index is -0.175. The molecule has 4 rings (SSSR count). The molecule has 8 heteroatoms. The number of carbonyl (C=O) groups is 1. The number of likely N-dealkylation sites (tertiary alicyclic amines) is 1. The topological polar surface area (TPSA) is 96.9 Å². The Balaban J connectivity index is 1.53. The van der Waals surface area contributed by atoms with Gasteiger partial charge in [0.25, 0.3) is 5.91 Å².